The summed E-state index contributed by atoms with van der Waals surface area (Å²) in [6.45, 7) is -0.102. The highest BCUT2D eigenvalue weighted by Crippen LogP contribution is 2.30. The molecule has 2 aromatic rings. The van der Waals surface area contributed by atoms with E-state index in [4.69, 9.17) is 4.74 Å². The van der Waals surface area contributed by atoms with Crippen molar-refractivity contribution in [2.24, 2.45) is 0 Å². The Bertz CT molecular complexity index is 797. The Labute approximate surface area is 125 Å². The van der Waals surface area contributed by atoms with Crippen LogP contribution in [0.25, 0.3) is 0 Å². The molecule has 2 N–H and O–H groups in total. The summed E-state index contributed by atoms with van der Waals surface area (Å²) in [5.74, 6) is -0.0278. The van der Waals surface area contributed by atoms with Gasteiger partial charge in [-0.2, -0.15) is 0 Å². The van der Waals surface area contributed by atoms with Gasteiger partial charge in [0.25, 0.3) is 11.5 Å². The first-order valence-electron chi connectivity index (χ1n) is 6.64. The number of anilines is 2. The topological polar surface area (TPSA) is 89.4 Å². The predicted octanol–water partition coefficient (Wildman–Crippen LogP) is 0.818. The van der Waals surface area contributed by atoms with Crippen LogP contribution < -0.4 is 20.9 Å². The standard InChI is InChI=1S/C15H13N3O4/c19-13(8-18-6-2-1-3-15(18)21)16-10-4-5-12-11(7-10)17-14(20)9-22-12/h1-7H,8-9H2,(H,16,19)(H,17,20). The monoisotopic (exact) mass is 299 g/mol. The maximum atomic E-state index is 12.0. The molecule has 1 aliphatic rings. The van der Waals surface area contributed by atoms with Gasteiger partial charge in [0, 0.05) is 18.0 Å². The molecule has 0 saturated heterocycles. The summed E-state index contributed by atoms with van der Waals surface area (Å²) in [4.78, 5) is 34.8. The fraction of sp³-hybridized carbons (Fsp3) is 0.133. The number of rotatable bonds is 3. The molecule has 0 unspecified atom stereocenters. The van der Waals surface area contributed by atoms with E-state index in [-0.39, 0.29) is 30.5 Å². The molecule has 1 aromatic heterocycles. The lowest BCUT2D eigenvalue weighted by Crippen LogP contribution is -2.27. The van der Waals surface area contributed by atoms with Crippen LogP contribution in [0.2, 0.25) is 0 Å². The van der Waals surface area contributed by atoms with Crippen LogP contribution in [0.3, 0.4) is 0 Å². The molecule has 7 nitrogen and oxygen atoms in total. The Morgan fingerprint density at radius 1 is 1.27 bits per heavy atom. The smallest absolute Gasteiger partial charge is 0.262 e. The molecule has 3 rings (SSSR count). The maximum Gasteiger partial charge on any atom is 0.262 e. The lowest BCUT2D eigenvalue weighted by Gasteiger charge is -2.18. The fourth-order valence-corrected chi connectivity index (χ4v) is 2.11. The summed E-state index contributed by atoms with van der Waals surface area (Å²) in [7, 11) is 0. The van der Waals surface area contributed by atoms with Crippen molar-refractivity contribution in [3.8, 4) is 5.75 Å². The summed E-state index contributed by atoms with van der Waals surface area (Å²) in [5, 5.41) is 5.34. The number of aromatic nitrogens is 1. The summed E-state index contributed by atoms with van der Waals surface area (Å²) in [6.07, 6.45) is 1.54. The van der Waals surface area contributed by atoms with Crippen LogP contribution >= 0.6 is 0 Å². The molecular formula is C15H13N3O4. The van der Waals surface area contributed by atoms with Crippen molar-refractivity contribution < 1.29 is 14.3 Å². The number of nitrogens with zero attached hydrogens (tertiary/aromatic N) is 1. The van der Waals surface area contributed by atoms with Gasteiger partial charge in [-0.1, -0.05) is 6.07 Å². The number of pyridine rings is 1. The SMILES string of the molecule is O=C(Cn1ccccc1=O)Nc1ccc2c(c1)NC(=O)CO2. The van der Waals surface area contributed by atoms with E-state index in [9.17, 15) is 14.4 Å². The van der Waals surface area contributed by atoms with Gasteiger partial charge in [0.15, 0.2) is 6.61 Å². The van der Waals surface area contributed by atoms with Crippen LogP contribution in [-0.4, -0.2) is 23.0 Å². The summed E-state index contributed by atoms with van der Waals surface area (Å²) < 4.78 is 6.54. The number of hydrogen-bond donors (Lipinski definition) is 2. The van der Waals surface area contributed by atoms with Gasteiger partial charge in [0.1, 0.15) is 12.3 Å². The minimum Gasteiger partial charge on any atom is -0.482 e. The normalized spacial score (nSPS) is 12.8. The molecule has 112 valence electrons. The van der Waals surface area contributed by atoms with E-state index in [0.29, 0.717) is 17.1 Å². The average Bonchev–Trinajstić information content (AvgIpc) is 2.49. The second kappa shape index (κ2) is 5.72. The van der Waals surface area contributed by atoms with E-state index < -0.39 is 0 Å². The van der Waals surface area contributed by atoms with E-state index in [2.05, 4.69) is 10.6 Å². The second-order valence-corrected chi connectivity index (χ2v) is 4.76. The molecule has 0 bridgehead atoms. The number of nitrogens with one attached hydrogen (secondary N) is 2. The van der Waals surface area contributed by atoms with Crippen LogP contribution in [0.15, 0.2) is 47.4 Å². The van der Waals surface area contributed by atoms with Gasteiger partial charge >= 0.3 is 0 Å². The van der Waals surface area contributed by atoms with E-state index in [1.807, 2.05) is 0 Å². The summed E-state index contributed by atoms with van der Waals surface area (Å²) >= 11 is 0. The van der Waals surface area contributed by atoms with Crippen LogP contribution in [-0.2, 0) is 16.1 Å². The van der Waals surface area contributed by atoms with Gasteiger partial charge in [-0.15, -0.1) is 0 Å². The minimum atomic E-state index is -0.337. The van der Waals surface area contributed by atoms with Gasteiger partial charge in [-0.3, -0.25) is 14.4 Å². The third kappa shape index (κ3) is 2.98. The van der Waals surface area contributed by atoms with Crippen molar-refractivity contribution >= 4 is 23.2 Å². The first-order chi connectivity index (χ1) is 10.6. The van der Waals surface area contributed by atoms with Gasteiger partial charge in [0.2, 0.25) is 5.91 Å². The van der Waals surface area contributed by atoms with Crippen LogP contribution in [0.1, 0.15) is 0 Å². The number of carbonyl (C=O) groups is 2. The van der Waals surface area contributed by atoms with Crippen molar-refractivity contribution in [2.75, 3.05) is 17.2 Å². The van der Waals surface area contributed by atoms with E-state index in [0.717, 1.165) is 0 Å². The third-order valence-electron chi connectivity index (χ3n) is 3.11. The van der Waals surface area contributed by atoms with Crippen molar-refractivity contribution in [1.82, 2.24) is 4.57 Å². The largest absolute Gasteiger partial charge is 0.482 e. The summed E-state index contributed by atoms with van der Waals surface area (Å²) in [5.41, 5.74) is 0.771. The van der Waals surface area contributed by atoms with E-state index in [1.165, 1.54) is 10.6 Å². The van der Waals surface area contributed by atoms with Crippen molar-refractivity contribution in [2.45, 2.75) is 6.54 Å². The van der Waals surface area contributed by atoms with Crippen molar-refractivity contribution in [3.63, 3.8) is 0 Å². The zero-order chi connectivity index (χ0) is 15.5. The Hall–Kier alpha value is -3.09. The van der Waals surface area contributed by atoms with E-state index in [1.54, 1.807) is 36.5 Å². The Balaban J connectivity index is 1.72. The Morgan fingerprint density at radius 3 is 2.95 bits per heavy atom. The molecule has 0 saturated carbocycles. The molecule has 2 amide bonds. The molecule has 1 aliphatic heterocycles. The molecule has 0 spiro atoms. The number of hydrogen-bond acceptors (Lipinski definition) is 4. The van der Waals surface area contributed by atoms with Gasteiger partial charge in [-0.25, -0.2) is 0 Å². The lowest BCUT2D eigenvalue weighted by molar-refractivity contribution is -0.118. The Morgan fingerprint density at radius 2 is 2.14 bits per heavy atom. The minimum absolute atomic E-state index is 0.0182. The van der Waals surface area contributed by atoms with Crippen molar-refractivity contribution in [3.05, 3.63) is 52.9 Å². The highest BCUT2D eigenvalue weighted by Gasteiger charge is 2.16. The van der Waals surface area contributed by atoms with Crippen LogP contribution in [0, 0.1) is 0 Å². The quantitative estimate of drug-likeness (QED) is 0.878. The molecular weight excluding hydrogens is 286 g/mol. The first kappa shape index (κ1) is 13.9. The zero-order valence-electron chi connectivity index (χ0n) is 11.5. The molecule has 2 heterocycles. The maximum absolute atomic E-state index is 12.0. The predicted molar refractivity (Wildman–Crippen MR) is 79.9 cm³/mol. The van der Waals surface area contributed by atoms with E-state index >= 15 is 0 Å². The molecule has 0 radical (unpaired) electrons. The second-order valence-electron chi connectivity index (χ2n) is 4.76. The number of carbonyl (C=O) groups excluding carboxylic acids is 2. The lowest BCUT2D eigenvalue weighted by atomic mass is 10.2. The molecule has 0 atom stereocenters. The highest BCUT2D eigenvalue weighted by atomic mass is 16.5. The average molecular weight is 299 g/mol. The van der Waals surface area contributed by atoms with Crippen LogP contribution in [0.4, 0.5) is 11.4 Å². The molecule has 0 fully saturated rings. The number of benzene rings is 1. The third-order valence-corrected chi connectivity index (χ3v) is 3.11. The highest BCUT2D eigenvalue weighted by molar-refractivity contribution is 5.97. The molecule has 22 heavy (non-hydrogen) atoms. The number of amides is 2. The number of fused-ring (bicyclic) bond motifs is 1. The zero-order valence-corrected chi connectivity index (χ0v) is 11.5. The van der Waals surface area contributed by atoms with Crippen molar-refractivity contribution in [1.29, 1.82) is 0 Å². The van der Waals surface area contributed by atoms with Crippen LogP contribution in [0.5, 0.6) is 5.75 Å². The summed E-state index contributed by atoms with van der Waals surface area (Å²) in [6, 6.07) is 9.63. The number of ether oxygens (including phenoxy) is 1. The molecule has 7 heteroatoms. The van der Waals surface area contributed by atoms with Gasteiger partial charge < -0.3 is 19.9 Å². The fourth-order valence-electron chi connectivity index (χ4n) is 2.11. The first-order valence-corrected chi connectivity index (χ1v) is 6.64. The van der Waals surface area contributed by atoms with Gasteiger partial charge in [-0.05, 0) is 24.3 Å². The molecule has 0 aliphatic carbocycles. The van der Waals surface area contributed by atoms with Gasteiger partial charge in [0.05, 0.1) is 5.69 Å². The Kier molecular flexibility index (Phi) is 3.61. The molecule has 1 aromatic carbocycles.